The van der Waals surface area contributed by atoms with E-state index in [0.717, 1.165) is 30.0 Å². The van der Waals surface area contributed by atoms with Gasteiger partial charge in [-0.25, -0.2) is 4.39 Å². The fourth-order valence-corrected chi connectivity index (χ4v) is 3.56. The molecule has 3 rings (SSSR count). The van der Waals surface area contributed by atoms with Crippen molar-refractivity contribution in [2.45, 2.75) is 49.2 Å². The lowest BCUT2D eigenvalue weighted by molar-refractivity contribution is 0.263. The number of hydrogen-bond acceptors (Lipinski definition) is 4. The van der Waals surface area contributed by atoms with Crippen molar-refractivity contribution in [2.75, 3.05) is 0 Å². The van der Waals surface area contributed by atoms with Crippen LogP contribution < -0.4 is 0 Å². The molecule has 1 aliphatic rings. The van der Waals surface area contributed by atoms with Gasteiger partial charge in [0.25, 0.3) is 0 Å². The summed E-state index contributed by atoms with van der Waals surface area (Å²) >= 11 is 1.63. The molecule has 112 valence electrons. The van der Waals surface area contributed by atoms with E-state index in [1.165, 1.54) is 12.1 Å². The maximum atomic E-state index is 13.0. The number of aliphatic hydroxyl groups excluding tert-OH is 1. The molecule has 4 nitrogen and oxygen atoms in total. The number of nitrogens with zero attached hydrogens (tertiary/aromatic N) is 3. The lowest BCUT2D eigenvalue weighted by Gasteiger charge is -2.15. The lowest BCUT2D eigenvalue weighted by Crippen LogP contribution is -2.04. The second-order valence-corrected chi connectivity index (χ2v) is 6.39. The third kappa shape index (κ3) is 3.11. The van der Waals surface area contributed by atoms with Gasteiger partial charge in [-0.05, 0) is 37.0 Å². The van der Waals surface area contributed by atoms with Crippen molar-refractivity contribution in [3.8, 4) is 0 Å². The van der Waals surface area contributed by atoms with Crippen LogP contribution in [0.2, 0.25) is 0 Å². The molecule has 1 heterocycles. The first-order chi connectivity index (χ1) is 10.2. The van der Waals surface area contributed by atoms with Gasteiger partial charge >= 0.3 is 0 Å². The van der Waals surface area contributed by atoms with Gasteiger partial charge in [-0.2, -0.15) is 0 Å². The lowest BCUT2D eigenvalue weighted by atomic mass is 10.1. The highest BCUT2D eigenvalue weighted by Gasteiger charge is 2.30. The van der Waals surface area contributed by atoms with E-state index in [2.05, 4.69) is 21.7 Å². The molecule has 1 aromatic heterocycles. The molecule has 2 aromatic rings. The molecule has 1 saturated carbocycles. The van der Waals surface area contributed by atoms with Crippen LogP contribution in [0.4, 0.5) is 4.39 Å². The average molecular weight is 307 g/mol. The normalized spacial score (nSPS) is 16.1. The van der Waals surface area contributed by atoms with Crippen LogP contribution in [0.25, 0.3) is 0 Å². The van der Waals surface area contributed by atoms with Crippen LogP contribution in [0.3, 0.4) is 0 Å². The summed E-state index contributed by atoms with van der Waals surface area (Å²) in [6.07, 6.45) is 3.15. The third-order valence-electron chi connectivity index (χ3n) is 3.65. The zero-order chi connectivity index (χ0) is 14.8. The Hall–Kier alpha value is -1.40. The van der Waals surface area contributed by atoms with Crippen LogP contribution >= 0.6 is 11.8 Å². The molecule has 0 saturated heterocycles. The Morgan fingerprint density at radius 3 is 2.62 bits per heavy atom. The number of thioether (sulfide) groups is 1. The minimum absolute atomic E-state index is 0.0859. The van der Waals surface area contributed by atoms with Crippen LogP contribution in [0.1, 0.15) is 48.9 Å². The van der Waals surface area contributed by atoms with E-state index in [1.54, 1.807) is 11.8 Å². The van der Waals surface area contributed by atoms with E-state index < -0.39 is 0 Å². The van der Waals surface area contributed by atoms with Crippen molar-refractivity contribution in [3.05, 3.63) is 41.5 Å². The van der Waals surface area contributed by atoms with E-state index in [1.807, 2.05) is 12.1 Å². The number of benzene rings is 1. The Bertz CT molecular complexity index is 610. The second kappa shape index (κ2) is 6.15. The standard InChI is InChI=1S/C15H18FN3OS/c1-2-13(10-3-5-11(16)6-4-10)21-15-18-17-14(9-20)19(15)12-7-8-12/h3-6,12-13,20H,2,7-9H2,1H3. The summed E-state index contributed by atoms with van der Waals surface area (Å²) in [5.74, 6) is 0.413. The molecule has 6 heteroatoms. The first-order valence-electron chi connectivity index (χ1n) is 7.19. The van der Waals surface area contributed by atoms with Gasteiger partial charge < -0.3 is 9.67 Å². The van der Waals surface area contributed by atoms with Gasteiger partial charge in [0.2, 0.25) is 0 Å². The van der Waals surface area contributed by atoms with Crippen LogP contribution in [-0.2, 0) is 6.61 Å². The van der Waals surface area contributed by atoms with Crippen LogP contribution in [0.15, 0.2) is 29.4 Å². The molecule has 0 spiro atoms. The predicted molar refractivity (Wildman–Crippen MR) is 79.5 cm³/mol. The molecular weight excluding hydrogens is 289 g/mol. The molecule has 0 aliphatic heterocycles. The summed E-state index contributed by atoms with van der Waals surface area (Å²) in [6, 6.07) is 7.05. The molecule has 0 amide bonds. The van der Waals surface area contributed by atoms with E-state index in [-0.39, 0.29) is 17.7 Å². The summed E-state index contributed by atoms with van der Waals surface area (Å²) in [5.41, 5.74) is 1.08. The van der Waals surface area contributed by atoms with Gasteiger partial charge in [0, 0.05) is 11.3 Å². The van der Waals surface area contributed by atoms with E-state index in [4.69, 9.17) is 0 Å². The smallest absolute Gasteiger partial charge is 0.192 e. The molecule has 1 fully saturated rings. The number of aromatic nitrogens is 3. The van der Waals surface area contributed by atoms with Crippen molar-refractivity contribution in [1.29, 1.82) is 0 Å². The fourth-order valence-electron chi connectivity index (χ4n) is 2.39. The molecule has 1 aromatic carbocycles. The van der Waals surface area contributed by atoms with Crippen molar-refractivity contribution < 1.29 is 9.50 Å². The Morgan fingerprint density at radius 2 is 2.05 bits per heavy atom. The second-order valence-electron chi connectivity index (χ2n) is 5.22. The molecular formula is C15H18FN3OS. The van der Waals surface area contributed by atoms with Crippen molar-refractivity contribution in [3.63, 3.8) is 0 Å². The third-order valence-corrected chi connectivity index (χ3v) is 5.03. The first kappa shape index (κ1) is 14.5. The fraction of sp³-hybridized carbons (Fsp3) is 0.467. The van der Waals surface area contributed by atoms with Gasteiger partial charge in [0.05, 0.1) is 0 Å². The average Bonchev–Trinajstić information content (AvgIpc) is 3.26. The highest BCUT2D eigenvalue weighted by atomic mass is 32.2. The van der Waals surface area contributed by atoms with Crippen LogP contribution in [-0.4, -0.2) is 19.9 Å². The van der Waals surface area contributed by atoms with Crippen molar-refractivity contribution in [2.24, 2.45) is 0 Å². The SMILES string of the molecule is CCC(Sc1nnc(CO)n1C1CC1)c1ccc(F)cc1. The summed E-state index contributed by atoms with van der Waals surface area (Å²) in [6.45, 7) is 2.02. The number of rotatable bonds is 6. The molecule has 1 aliphatic carbocycles. The quantitative estimate of drug-likeness (QED) is 0.830. The van der Waals surface area contributed by atoms with Crippen LogP contribution in [0.5, 0.6) is 0 Å². The van der Waals surface area contributed by atoms with E-state index in [0.29, 0.717) is 11.9 Å². The monoisotopic (exact) mass is 307 g/mol. The number of hydrogen-bond donors (Lipinski definition) is 1. The zero-order valence-corrected chi connectivity index (χ0v) is 12.7. The van der Waals surface area contributed by atoms with E-state index >= 15 is 0 Å². The Morgan fingerprint density at radius 1 is 1.33 bits per heavy atom. The maximum absolute atomic E-state index is 13.0. The Kier molecular flexibility index (Phi) is 4.26. The van der Waals surface area contributed by atoms with Crippen LogP contribution in [0, 0.1) is 5.82 Å². The summed E-state index contributed by atoms with van der Waals surface area (Å²) in [7, 11) is 0. The van der Waals surface area contributed by atoms with Gasteiger partial charge in [0.15, 0.2) is 11.0 Å². The van der Waals surface area contributed by atoms with Crippen molar-refractivity contribution in [1.82, 2.24) is 14.8 Å². The molecule has 1 unspecified atom stereocenters. The van der Waals surface area contributed by atoms with Gasteiger partial charge in [-0.15, -0.1) is 10.2 Å². The maximum Gasteiger partial charge on any atom is 0.192 e. The van der Waals surface area contributed by atoms with Gasteiger partial charge in [0.1, 0.15) is 12.4 Å². The van der Waals surface area contributed by atoms with Gasteiger partial charge in [-0.1, -0.05) is 30.8 Å². The largest absolute Gasteiger partial charge is 0.388 e. The minimum Gasteiger partial charge on any atom is -0.388 e. The van der Waals surface area contributed by atoms with Gasteiger partial charge in [-0.3, -0.25) is 0 Å². The molecule has 0 radical (unpaired) electrons. The molecule has 21 heavy (non-hydrogen) atoms. The first-order valence-corrected chi connectivity index (χ1v) is 8.07. The molecule has 1 atom stereocenters. The molecule has 1 N–H and O–H groups in total. The summed E-state index contributed by atoms with van der Waals surface area (Å²) < 4.78 is 15.1. The number of halogens is 1. The van der Waals surface area contributed by atoms with E-state index in [9.17, 15) is 9.50 Å². The van der Waals surface area contributed by atoms with Crippen molar-refractivity contribution >= 4 is 11.8 Å². The summed E-state index contributed by atoms with van der Waals surface area (Å²) in [5, 5.41) is 18.7. The topological polar surface area (TPSA) is 50.9 Å². The predicted octanol–water partition coefficient (Wildman–Crippen LogP) is 3.49. The number of aliphatic hydroxyl groups is 1. The Labute approximate surface area is 127 Å². The zero-order valence-electron chi connectivity index (χ0n) is 11.9. The highest BCUT2D eigenvalue weighted by Crippen LogP contribution is 2.43. The summed E-state index contributed by atoms with van der Waals surface area (Å²) in [4.78, 5) is 0. The molecule has 0 bridgehead atoms. The minimum atomic E-state index is -0.220. The Balaban J connectivity index is 1.84. The highest BCUT2D eigenvalue weighted by molar-refractivity contribution is 7.99.